The van der Waals surface area contributed by atoms with Gasteiger partial charge in [-0.3, -0.25) is 9.69 Å². The van der Waals surface area contributed by atoms with E-state index in [1.165, 1.54) is 17.0 Å². The van der Waals surface area contributed by atoms with E-state index in [0.29, 0.717) is 17.2 Å². The lowest BCUT2D eigenvalue weighted by atomic mass is 10.0. The lowest BCUT2D eigenvalue weighted by molar-refractivity contribution is -0.117. The molecule has 0 aliphatic carbocycles. The van der Waals surface area contributed by atoms with Crippen LogP contribution in [0.4, 0.5) is 5.69 Å². The summed E-state index contributed by atoms with van der Waals surface area (Å²) in [5.74, 6) is -1.16. The number of hydrogen-bond acceptors (Lipinski definition) is 4. The van der Waals surface area contributed by atoms with E-state index in [-0.39, 0.29) is 9.80 Å². The van der Waals surface area contributed by atoms with Gasteiger partial charge in [0.25, 0.3) is 5.91 Å². The first-order valence-electron chi connectivity index (χ1n) is 10.9. The number of anilines is 1. The molecule has 1 N–H and O–H groups in total. The zero-order chi connectivity index (χ0) is 23.9. The second-order valence-electron chi connectivity index (χ2n) is 8.76. The maximum Gasteiger partial charge on any atom is 0.295 e. The first kappa shape index (κ1) is 22.8. The van der Waals surface area contributed by atoms with Crippen LogP contribution >= 0.6 is 0 Å². The SMILES string of the molecule is Cc1ccc([C@H]2C(S(=O)(=O)c3ccc(C)cc3)=C(O)C(=O)N2c2ccc(C(C)C)cc2)cc1. The van der Waals surface area contributed by atoms with Gasteiger partial charge >= 0.3 is 0 Å². The van der Waals surface area contributed by atoms with E-state index in [4.69, 9.17) is 0 Å². The Hall–Kier alpha value is -3.38. The molecule has 0 fully saturated rings. The summed E-state index contributed by atoms with van der Waals surface area (Å²) in [7, 11) is -4.14. The average molecular weight is 462 g/mol. The van der Waals surface area contributed by atoms with Crippen LogP contribution in [0.5, 0.6) is 0 Å². The Balaban J connectivity index is 1.90. The fourth-order valence-corrected chi connectivity index (χ4v) is 5.66. The zero-order valence-electron chi connectivity index (χ0n) is 19.1. The van der Waals surface area contributed by atoms with Crippen molar-refractivity contribution in [3.05, 3.63) is 106 Å². The lowest BCUT2D eigenvalue weighted by Crippen LogP contribution is -2.31. The molecule has 1 heterocycles. The van der Waals surface area contributed by atoms with Gasteiger partial charge in [-0.1, -0.05) is 73.5 Å². The second-order valence-corrected chi connectivity index (χ2v) is 10.7. The highest BCUT2D eigenvalue weighted by molar-refractivity contribution is 7.95. The van der Waals surface area contributed by atoms with Gasteiger partial charge in [0, 0.05) is 5.69 Å². The summed E-state index contributed by atoms with van der Waals surface area (Å²) in [6.07, 6.45) is 0. The molecule has 0 saturated carbocycles. The summed E-state index contributed by atoms with van der Waals surface area (Å²) in [4.78, 5) is 14.4. The molecule has 6 heteroatoms. The molecule has 0 bridgehead atoms. The van der Waals surface area contributed by atoms with E-state index in [2.05, 4.69) is 13.8 Å². The van der Waals surface area contributed by atoms with E-state index in [0.717, 1.165) is 16.7 Å². The Kier molecular flexibility index (Phi) is 5.89. The van der Waals surface area contributed by atoms with Gasteiger partial charge in [-0.25, -0.2) is 8.42 Å². The lowest BCUT2D eigenvalue weighted by Gasteiger charge is -2.27. The zero-order valence-corrected chi connectivity index (χ0v) is 19.9. The van der Waals surface area contributed by atoms with Crippen LogP contribution in [0.2, 0.25) is 0 Å². The van der Waals surface area contributed by atoms with Gasteiger partial charge in [-0.2, -0.15) is 0 Å². The molecule has 1 aliphatic rings. The first-order valence-corrected chi connectivity index (χ1v) is 12.3. The third kappa shape index (κ3) is 4.07. The summed E-state index contributed by atoms with van der Waals surface area (Å²) in [5, 5.41) is 10.9. The van der Waals surface area contributed by atoms with Crippen LogP contribution in [0.1, 0.15) is 48.1 Å². The molecule has 0 spiro atoms. The molecule has 1 atom stereocenters. The van der Waals surface area contributed by atoms with Gasteiger partial charge in [-0.15, -0.1) is 0 Å². The van der Waals surface area contributed by atoms with Gasteiger partial charge in [-0.05, 0) is 55.2 Å². The minimum atomic E-state index is -4.14. The minimum Gasteiger partial charge on any atom is -0.502 e. The number of sulfone groups is 1. The number of nitrogens with zero attached hydrogens (tertiary/aromatic N) is 1. The third-order valence-electron chi connectivity index (χ3n) is 6.01. The quantitative estimate of drug-likeness (QED) is 0.524. The summed E-state index contributed by atoms with van der Waals surface area (Å²) in [6, 6.07) is 20.2. The predicted octanol–water partition coefficient (Wildman–Crippen LogP) is 5.76. The Morgan fingerprint density at radius 3 is 1.85 bits per heavy atom. The van der Waals surface area contributed by atoms with E-state index in [1.807, 2.05) is 38.1 Å². The number of hydrogen-bond donors (Lipinski definition) is 1. The average Bonchev–Trinajstić information content (AvgIpc) is 3.06. The third-order valence-corrected chi connectivity index (χ3v) is 7.90. The van der Waals surface area contributed by atoms with Gasteiger partial charge < -0.3 is 5.11 Å². The van der Waals surface area contributed by atoms with E-state index < -0.39 is 27.5 Å². The number of carbonyl (C=O) groups excluding carboxylic acids is 1. The minimum absolute atomic E-state index is 0.0385. The molecular weight excluding hydrogens is 434 g/mol. The first-order chi connectivity index (χ1) is 15.6. The monoisotopic (exact) mass is 461 g/mol. The van der Waals surface area contributed by atoms with Crippen LogP contribution in [0, 0.1) is 13.8 Å². The molecule has 0 radical (unpaired) electrons. The topological polar surface area (TPSA) is 74.7 Å². The molecule has 0 aromatic heterocycles. The van der Waals surface area contributed by atoms with Crippen molar-refractivity contribution in [3.63, 3.8) is 0 Å². The van der Waals surface area contributed by atoms with E-state index in [9.17, 15) is 18.3 Å². The van der Waals surface area contributed by atoms with Crippen LogP contribution in [0.15, 0.2) is 88.4 Å². The maximum absolute atomic E-state index is 13.7. The van der Waals surface area contributed by atoms with Crippen molar-refractivity contribution in [2.24, 2.45) is 0 Å². The van der Waals surface area contributed by atoms with Gasteiger partial charge in [0.1, 0.15) is 10.9 Å². The van der Waals surface area contributed by atoms with Crippen LogP contribution in [-0.2, 0) is 14.6 Å². The van der Waals surface area contributed by atoms with Crippen LogP contribution in [0.3, 0.4) is 0 Å². The fourth-order valence-electron chi connectivity index (χ4n) is 4.04. The van der Waals surface area contributed by atoms with Crippen molar-refractivity contribution < 1.29 is 18.3 Å². The molecule has 0 unspecified atom stereocenters. The van der Waals surface area contributed by atoms with Crippen molar-refractivity contribution in [3.8, 4) is 0 Å². The Bertz CT molecular complexity index is 1320. The second kappa shape index (κ2) is 8.52. The normalized spacial score (nSPS) is 16.7. The molecule has 5 nitrogen and oxygen atoms in total. The Morgan fingerprint density at radius 2 is 1.33 bits per heavy atom. The Morgan fingerprint density at radius 1 is 0.818 bits per heavy atom. The molecule has 1 aliphatic heterocycles. The summed E-state index contributed by atoms with van der Waals surface area (Å²) in [6.45, 7) is 7.95. The highest BCUT2D eigenvalue weighted by Crippen LogP contribution is 2.45. The number of aliphatic hydroxyl groups is 1. The van der Waals surface area contributed by atoms with Crippen LogP contribution < -0.4 is 4.90 Å². The molecule has 4 rings (SSSR count). The standard InChI is InChI=1S/C27H27NO4S/c1-17(2)20-11-13-22(14-12-20)28-24(21-9-5-18(3)6-10-21)26(25(29)27(28)30)33(31,32)23-15-7-19(4)8-16-23/h5-17,24,29H,1-4H3/t24-/m0/s1. The molecular formula is C27H27NO4S. The molecule has 3 aromatic carbocycles. The van der Waals surface area contributed by atoms with Gasteiger partial charge in [0.2, 0.25) is 9.84 Å². The highest BCUT2D eigenvalue weighted by Gasteiger charge is 2.47. The summed E-state index contributed by atoms with van der Waals surface area (Å²) < 4.78 is 27.4. The van der Waals surface area contributed by atoms with Gasteiger partial charge in [0.05, 0.1) is 4.90 Å². The van der Waals surface area contributed by atoms with E-state index in [1.54, 1.807) is 36.4 Å². The number of aliphatic hydroxyl groups excluding tert-OH is 1. The highest BCUT2D eigenvalue weighted by atomic mass is 32.2. The van der Waals surface area contributed by atoms with Crippen molar-refractivity contribution >= 4 is 21.4 Å². The maximum atomic E-state index is 13.7. The predicted molar refractivity (Wildman–Crippen MR) is 130 cm³/mol. The molecule has 170 valence electrons. The van der Waals surface area contributed by atoms with E-state index >= 15 is 0 Å². The van der Waals surface area contributed by atoms with Crippen molar-refractivity contribution in [2.45, 2.75) is 44.6 Å². The number of benzene rings is 3. The number of amides is 1. The van der Waals surface area contributed by atoms with Crippen molar-refractivity contribution in [1.29, 1.82) is 0 Å². The molecule has 1 amide bonds. The smallest absolute Gasteiger partial charge is 0.295 e. The Labute approximate surface area is 194 Å². The van der Waals surface area contributed by atoms with Crippen LogP contribution in [0.25, 0.3) is 0 Å². The van der Waals surface area contributed by atoms with Crippen molar-refractivity contribution in [2.75, 3.05) is 4.90 Å². The molecule has 33 heavy (non-hydrogen) atoms. The summed E-state index contributed by atoms with van der Waals surface area (Å²) in [5.41, 5.74) is 4.15. The number of aryl methyl sites for hydroxylation is 2. The van der Waals surface area contributed by atoms with Crippen molar-refractivity contribution in [1.82, 2.24) is 0 Å². The van der Waals surface area contributed by atoms with Crippen LogP contribution in [-0.4, -0.2) is 19.4 Å². The molecule has 3 aromatic rings. The fraction of sp³-hybridized carbons (Fsp3) is 0.222. The molecule has 0 saturated heterocycles. The largest absolute Gasteiger partial charge is 0.502 e. The summed E-state index contributed by atoms with van der Waals surface area (Å²) >= 11 is 0. The number of rotatable bonds is 5. The number of carbonyl (C=O) groups is 1. The van der Waals surface area contributed by atoms with Gasteiger partial charge in [0.15, 0.2) is 5.76 Å².